The third kappa shape index (κ3) is 3.71. The quantitative estimate of drug-likeness (QED) is 0.563. The predicted octanol–water partition coefficient (Wildman–Crippen LogP) is -0.216. The van der Waals surface area contributed by atoms with Crippen molar-refractivity contribution in [3.63, 3.8) is 0 Å². The highest BCUT2D eigenvalue weighted by atomic mass is 16.7. The van der Waals surface area contributed by atoms with Crippen molar-refractivity contribution in [1.82, 2.24) is 0 Å². The summed E-state index contributed by atoms with van der Waals surface area (Å²) < 4.78 is 17.2. The maximum Gasteiger partial charge on any atom is 0.186 e. The minimum atomic E-state index is -1.21. The lowest BCUT2D eigenvalue weighted by Gasteiger charge is -2.46. The summed E-state index contributed by atoms with van der Waals surface area (Å²) in [7, 11) is 0. The van der Waals surface area contributed by atoms with Crippen LogP contribution in [0.15, 0.2) is 0 Å². The first-order valence-electron chi connectivity index (χ1n) is 8.50. The van der Waals surface area contributed by atoms with Gasteiger partial charge in [-0.25, -0.2) is 0 Å². The van der Waals surface area contributed by atoms with Gasteiger partial charge in [-0.3, -0.25) is 0 Å². The summed E-state index contributed by atoms with van der Waals surface area (Å²) in [4.78, 5) is 0. The molecule has 0 radical (unpaired) electrons. The molecule has 0 aromatic rings. The van der Waals surface area contributed by atoms with Crippen molar-refractivity contribution < 1.29 is 34.6 Å². The first-order valence-corrected chi connectivity index (χ1v) is 8.50. The zero-order valence-corrected chi connectivity index (χ0v) is 14.2. The molecule has 5 unspecified atom stereocenters. The van der Waals surface area contributed by atoms with E-state index in [0.29, 0.717) is 12.8 Å². The smallest absolute Gasteiger partial charge is 0.186 e. The zero-order valence-electron chi connectivity index (χ0n) is 14.2. The molecule has 0 amide bonds. The number of rotatable bonds is 4. The fraction of sp³-hybridized carbons (Fsp3) is 1.00. The van der Waals surface area contributed by atoms with Gasteiger partial charge in [0.15, 0.2) is 6.29 Å². The molecule has 2 rings (SSSR count). The van der Waals surface area contributed by atoms with Gasteiger partial charge in [0.25, 0.3) is 0 Å². The van der Waals surface area contributed by atoms with E-state index in [1.165, 1.54) is 0 Å². The molecule has 2 heterocycles. The summed E-state index contributed by atoms with van der Waals surface area (Å²) >= 11 is 0. The number of aliphatic hydroxyl groups is 4. The van der Waals surface area contributed by atoms with Gasteiger partial charge >= 0.3 is 0 Å². The Balaban J connectivity index is 2.11. The highest BCUT2D eigenvalue weighted by Gasteiger charge is 2.48. The lowest BCUT2D eigenvalue weighted by molar-refractivity contribution is -0.330. The van der Waals surface area contributed by atoms with Crippen LogP contribution in [0.5, 0.6) is 0 Å². The standard InChI is InChI=1S/C16H30O7/c1-5-9-7(3)11(17)14(20)16(22-9)23-15-10(6-2)21-8(4)12(18)13(15)19/h7-20H,5-6H2,1-4H3/t7-,8?,9?,10?,11-,12?,13+,14?,15+,16-/m0/s1. The Bertz CT molecular complexity index is 375. The van der Waals surface area contributed by atoms with E-state index in [9.17, 15) is 20.4 Å². The van der Waals surface area contributed by atoms with Crippen LogP contribution in [0, 0.1) is 5.92 Å². The second-order valence-corrected chi connectivity index (χ2v) is 6.66. The van der Waals surface area contributed by atoms with Gasteiger partial charge in [0.05, 0.1) is 24.4 Å². The molecule has 7 nitrogen and oxygen atoms in total. The average molecular weight is 334 g/mol. The molecule has 23 heavy (non-hydrogen) atoms. The Morgan fingerprint density at radius 2 is 1.39 bits per heavy atom. The Morgan fingerprint density at radius 3 is 1.96 bits per heavy atom. The Hall–Kier alpha value is -0.280. The Kier molecular flexibility index (Phi) is 6.41. The molecule has 2 aliphatic rings. The summed E-state index contributed by atoms with van der Waals surface area (Å²) in [5.74, 6) is -0.213. The molecular weight excluding hydrogens is 304 g/mol. The molecule has 7 heteroatoms. The number of aliphatic hydroxyl groups excluding tert-OH is 4. The van der Waals surface area contributed by atoms with E-state index in [0.717, 1.165) is 0 Å². The van der Waals surface area contributed by atoms with Gasteiger partial charge in [-0.15, -0.1) is 0 Å². The van der Waals surface area contributed by atoms with E-state index < -0.39 is 49.0 Å². The topological polar surface area (TPSA) is 109 Å². The molecule has 136 valence electrons. The van der Waals surface area contributed by atoms with Crippen molar-refractivity contribution in [2.75, 3.05) is 0 Å². The van der Waals surface area contributed by atoms with Crippen LogP contribution in [0.3, 0.4) is 0 Å². The Labute approximate surface area is 137 Å². The number of ether oxygens (including phenoxy) is 3. The van der Waals surface area contributed by atoms with Gasteiger partial charge in [0, 0.05) is 5.92 Å². The van der Waals surface area contributed by atoms with Crippen molar-refractivity contribution in [3.8, 4) is 0 Å². The van der Waals surface area contributed by atoms with Crippen molar-refractivity contribution >= 4 is 0 Å². The normalized spacial score (nSPS) is 51.7. The highest BCUT2D eigenvalue weighted by molar-refractivity contribution is 4.93. The zero-order chi connectivity index (χ0) is 17.3. The van der Waals surface area contributed by atoms with E-state index in [4.69, 9.17) is 14.2 Å². The monoisotopic (exact) mass is 334 g/mol. The summed E-state index contributed by atoms with van der Waals surface area (Å²) in [6, 6.07) is 0. The maximum absolute atomic E-state index is 10.3. The second-order valence-electron chi connectivity index (χ2n) is 6.66. The molecule has 2 aliphatic heterocycles. The predicted molar refractivity (Wildman–Crippen MR) is 81.6 cm³/mol. The summed E-state index contributed by atoms with van der Waals surface area (Å²) in [5.41, 5.74) is 0. The summed E-state index contributed by atoms with van der Waals surface area (Å²) in [5, 5.41) is 40.7. The molecule has 4 N–H and O–H groups in total. The molecule has 0 aliphatic carbocycles. The molecule has 0 spiro atoms. The third-order valence-corrected chi connectivity index (χ3v) is 5.08. The fourth-order valence-electron chi connectivity index (χ4n) is 3.43. The Morgan fingerprint density at radius 1 is 0.783 bits per heavy atom. The van der Waals surface area contributed by atoms with E-state index in [1.54, 1.807) is 6.92 Å². The van der Waals surface area contributed by atoms with Crippen LogP contribution in [-0.4, -0.2) is 75.5 Å². The van der Waals surface area contributed by atoms with Gasteiger partial charge < -0.3 is 34.6 Å². The van der Waals surface area contributed by atoms with Gasteiger partial charge in [0.1, 0.15) is 24.4 Å². The van der Waals surface area contributed by atoms with Crippen molar-refractivity contribution in [1.29, 1.82) is 0 Å². The van der Waals surface area contributed by atoms with Gasteiger partial charge in [0.2, 0.25) is 0 Å². The maximum atomic E-state index is 10.3. The van der Waals surface area contributed by atoms with E-state index >= 15 is 0 Å². The van der Waals surface area contributed by atoms with Crippen LogP contribution in [0.2, 0.25) is 0 Å². The van der Waals surface area contributed by atoms with Crippen LogP contribution in [0.1, 0.15) is 40.5 Å². The van der Waals surface area contributed by atoms with Crippen LogP contribution < -0.4 is 0 Å². The molecule has 0 saturated carbocycles. The van der Waals surface area contributed by atoms with E-state index in [1.807, 2.05) is 20.8 Å². The molecule has 2 saturated heterocycles. The molecule has 0 aromatic carbocycles. The van der Waals surface area contributed by atoms with Crippen LogP contribution in [0.4, 0.5) is 0 Å². The van der Waals surface area contributed by atoms with Gasteiger partial charge in [-0.05, 0) is 19.8 Å². The lowest BCUT2D eigenvalue weighted by atomic mass is 9.89. The second kappa shape index (κ2) is 7.74. The number of hydrogen-bond acceptors (Lipinski definition) is 7. The first kappa shape index (κ1) is 19.1. The lowest BCUT2D eigenvalue weighted by Crippen LogP contribution is -2.61. The fourth-order valence-corrected chi connectivity index (χ4v) is 3.43. The van der Waals surface area contributed by atoms with Crippen molar-refractivity contribution in [2.45, 2.75) is 95.7 Å². The first-order chi connectivity index (χ1) is 10.8. The van der Waals surface area contributed by atoms with Crippen LogP contribution in [0.25, 0.3) is 0 Å². The molecule has 2 fully saturated rings. The highest BCUT2D eigenvalue weighted by Crippen LogP contribution is 2.32. The average Bonchev–Trinajstić information content (AvgIpc) is 2.55. The van der Waals surface area contributed by atoms with E-state index in [-0.39, 0.29) is 12.0 Å². The largest absolute Gasteiger partial charge is 0.390 e. The van der Waals surface area contributed by atoms with E-state index in [2.05, 4.69) is 0 Å². The number of hydrogen-bond donors (Lipinski definition) is 4. The minimum Gasteiger partial charge on any atom is -0.390 e. The van der Waals surface area contributed by atoms with Crippen LogP contribution in [-0.2, 0) is 14.2 Å². The molecular formula is C16H30O7. The molecule has 0 bridgehead atoms. The SMILES string of the molecule is CCC1OC(C)C(O)[C@@H](O)[C@@H]1O[C@@H]1OC(CC)[C@H](C)[C@H](O)C1O. The summed E-state index contributed by atoms with van der Waals surface area (Å²) in [6.07, 6.45) is -6.21. The van der Waals surface area contributed by atoms with Crippen LogP contribution >= 0.6 is 0 Å². The molecule has 0 aromatic heterocycles. The van der Waals surface area contributed by atoms with Gasteiger partial charge in [-0.1, -0.05) is 20.8 Å². The summed E-state index contributed by atoms with van der Waals surface area (Å²) in [6.45, 7) is 7.33. The minimum absolute atomic E-state index is 0.213. The third-order valence-electron chi connectivity index (χ3n) is 5.08. The van der Waals surface area contributed by atoms with Crippen molar-refractivity contribution in [3.05, 3.63) is 0 Å². The van der Waals surface area contributed by atoms with Gasteiger partial charge in [-0.2, -0.15) is 0 Å². The van der Waals surface area contributed by atoms with Crippen molar-refractivity contribution in [2.24, 2.45) is 5.92 Å². The molecule has 10 atom stereocenters.